The summed E-state index contributed by atoms with van der Waals surface area (Å²) in [6, 6.07) is 20.1. The first-order valence-corrected chi connectivity index (χ1v) is 22.9. The summed E-state index contributed by atoms with van der Waals surface area (Å²) in [4.78, 5) is 62.9. The number of aromatic amines is 1. The van der Waals surface area contributed by atoms with Gasteiger partial charge in [-0.1, -0.05) is 42.0 Å². The maximum Gasteiger partial charge on any atom is 0.289 e. The molecule has 3 fully saturated rings. The van der Waals surface area contributed by atoms with Crippen molar-refractivity contribution < 1.29 is 19.1 Å². The summed E-state index contributed by atoms with van der Waals surface area (Å²) in [7, 11) is 0. The molecule has 2 aromatic carbocycles. The fourth-order valence-corrected chi connectivity index (χ4v) is 9.17. The molecular weight excluding hydrogens is 845 g/mol. The minimum atomic E-state index is -0.349. The van der Waals surface area contributed by atoms with E-state index in [2.05, 4.69) is 85.2 Å². The van der Waals surface area contributed by atoms with Gasteiger partial charge in [-0.05, 0) is 68.0 Å². The first-order chi connectivity index (χ1) is 32.8. The number of fused-ring (bicyclic) bond motifs is 2. The molecule has 6 aromatic heterocycles. The number of carbonyl (C=O) groups excluding carboxylic acids is 2. The number of nitrogens with one attached hydrogen (secondary N) is 3. The highest BCUT2D eigenvalue weighted by Crippen LogP contribution is 2.42. The summed E-state index contributed by atoms with van der Waals surface area (Å²) in [5, 5.41) is 8.19. The maximum absolute atomic E-state index is 13.9. The number of H-pyrrole nitrogens is 1. The van der Waals surface area contributed by atoms with Crippen molar-refractivity contribution in [3.05, 3.63) is 139 Å². The Balaban J connectivity index is 0.857. The van der Waals surface area contributed by atoms with Gasteiger partial charge in [0.2, 0.25) is 11.6 Å². The fraction of sp³-hybridized carbons (Fsp3) is 0.294. The number of ether oxygens (including phenoxy) is 2. The average Bonchev–Trinajstić information content (AvgIpc) is 4.02. The van der Waals surface area contributed by atoms with Crippen molar-refractivity contribution in [2.75, 3.05) is 62.4 Å². The lowest BCUT2D eigenvalue weighted by Crippen LogP contribution is -2.36. The van der Waals surface area contributed by atoms with Crippen molar-refractivity contribution in [3.8, 4) is 27.9 Å². The minimum absolute atomic E-state index is 0.0892. The highest BCUT2D eigenvalue weighted by molar-refractivity contribution is 5.98. The molecule has 1 aliphatic carbocycles. The van der Waals surface area contributed by atoms with E-state index in [4.69, 9.17) is 14.5 Å². The number of anilines is 2. The average molecular weight is 895 g/mol. The molecule has 67 heavy (non-hydrogen) atoms. The largest absolute Gasteiger partial charge is 0.378 e. The van der Waals surface area contributed by atoms with Crippen LogP contribution in [0.5, 0.6) is 0 Å². The molecule has 0 spiro atoms. The summed E-state index contributed by atoms with van der Waals surface area (Å²) in [6.45, 7) is 9.81. The Bertz CT molecular complexity index is 3100. The second-order valence-electron chi connectivity index (χ2n) is 17.6. The summed E-state index contributed by atoms with van der Waals surface area (Å²) < 4.78 is 13.3. The van der Waals surface area contributed by atoms with E-state index in [-0.39, 0.29) is 41.5 Å². The third-order valence-corrected chi connectivity index (χ3v) is 13.0. The van der Waals surface area contributed by atoms with E-state index in [0.717, 1.165) is 117 Å². The number of carbonyl (C=O) groups is 2. The quantitative estimate of drug-likeness (QED) is 0.113. The Morgan fingerprint density at radius 1 is 0.657 bits per heavy atom. The number of benzene rings is 2. The van der Waals surface area contributed by atoms with E-state index >= 15 is 0 Å². The lowest BCUT2D eigenvalue weighted by Gasteiger charge is -2.28. The van der Waals surface area contributed by atoms with Crippen molar-refractivity contribution in [2.24, 2.45) is 5.92 Å². The van der Waals surface area contributed by atoms with Gasteiger partial charge in [-0.15, -0.1) is 0 Å². The van der Waals surface area contributed by atoms with Crippen molar-refractivity contribution in [3.63, 3.8) is 0 Å². The van der Waals surface area contributed by atoms with Gasteiger partial charge in [0.25, 0.3) is 11.8 Å². The standard InChI is InChI=1S/C51H50N12O4/c1-31-5-3-6-34(19-31)32(2)59-50(64)47-54-25-37(26-55-47)44-30-63(49-42(44)22-40(28-58-49)62-13-17-67-18-14-62)38-8-4-7-35(20-38)45(33-9-10-33)60-51(65)48-52-23-36(24-53-48)43-29-57-46-41(43)21-39(27-56-46)61-11-15-66-16-12-61/h3-8,19-30,32-33,45H,9-18H2,1-2H3,(H,56,57)(H,59,64)(H,60,65)/t32-,45?/m0/s1. The zero-order valence-electron chi connectivity index (χ0n) is 37.4. The summed E-state index contributed by atoms with van der Waals surface area (Å²) in [5.74, 6) is -0.219. The summed E-state index contributed by atoms with van der Waals surface area (Å²) in [5.41, 5.74) is 10.9. The molecule has 1 unspecified atom stereocenters. The lowest BCUT2D eigenvalue weighted by atomic mass is 10.0. The molecule has 2 saturated heterocycles. The first-order valence-electron chi connectivity index (χ1n) is 22.9. The molecule has 0 radical (unpaired) electrons. The smallest absolute Gasteiger partial charge is 0.289 e. The highest BCUT2D eigenvalue weighted by Gasteiger charge is 2.34. The molecule has 3 aliphatic rings. The van der Waals surface area contributed by atoms with Crippen LogP contribution in [-0.2, 0) is 9.47 Å². The van der Waals surface area contributed by atoms with Gasteiger partial charge in [-0.25, -0.2) is 29.9 Å². The van der Waals surface area contributed by atoms with Crippen LogP contribution in [0.2, 0.25) is 0 Å². The van der Waals surface area contributed by atoms with Crippen LogP contribution in [0.3, 0.4) is 0 Å². The predicted molar refractivity (Wildman–Crippen MR) is 255 cm³/mol. The van der Waals surface area contributed by atoms with Gasteiger partial charge >= 0.3 is 0 Å². The molecular formula is C51H50N12O4. The monoisotopic (exact) mass is 894 g/mol. The van der Waals surface area contributed by atoms with Crippen LogP contribution in [-0.4, -0.2) is 104 Å². The summed E-state index contributed by atoms with van der Waals surface area (Å²) >= 11 is 0. The maximum atomic E-state index is 13.9. The number of pyridine rings is 2. The van der Waals surface area contributed by atoms with Gasteiger partial charge in [0.05, 0.1) is 62.3 Å². The zero-order chi connectivity index (χ0) is 45.4. The third-order valence-electron chi connectivity index (χ3n) is 13.0. The van der Waals surface area contributed by atoms with Gasteiger partial charge in [0.15, 0.2) is 0 Å². The molecule has 8 heterocycles. The first kappa shape index (κ1) is 42.1. The Morgan fingerprint density at radius 3 is 1.91 bits per heavy atom. The van der Waals surface area contributed by atoms with Crippen molar-refractivity contribution in [1.29, 1.82) is 0 Å². The van der Waals surface area contributed by atoms with Crippen molar-refractivity contribution >= 4 is 45.3 Å². The number of morpholine rings is 2. The second kappa shape index (κ2) is 18.0. The molecule has 2 amide bonds. The van der Waals surface area contributed by atoms with Gasteiger partial charge in [0, 0.05) is 102 Å². The summed E-state index contributed by atoms with van der Waals surface area (Å²) in [6.07, 6.45) is 16.5. The number of amides is 2. The molecule has 3 N–H and O–H groups in total. The second-order valence-corrected chi connectivity index (χ2v) is 17.6. The number of hydrogen-bond donors (Lipinski definition) is 3. The number of rotatable bonds is 12. The Morgan fingerprint density at radius 2 is 1.25 bits per heavy atom. The van der Waals surface area contributed by atoms with Crippen LogP contribution in [0, 0.1) is 12.8 Å². The lowest BCUT2D eigenvalue weighted by molar-refractivity contribution is 0.0916. The van der Waals surface area contributed by atoms with Gasteiger partial charge in [-0.2, -0.15) is 0 Å². The van der Waals surface area contributed by atoms with E-state index in [0.29, 0.717) is 26.4 Å². The van der Waals surface area contributed by atoms with E-state index < -0.39 is 0 Å². The Kier molecular flexibility index (Phi) is 11.3. The normalized spacial score (nSPS) is 16.3. The molecule has 1 saturated carbocycles. The molecule has 11 rings (SSSR count). The Hall–Kier alpha value is -7.56. The molecule has 0 bridgehead atoms. The highest BCUT2D eigenvalue weighted by atomic mass is 16.5. The molecule has 16 nitrogen and oxygen atoms in total. The van der Waals surface area contributed by atoms with Crippen LogP contribution < -0.4 is 20.4 Å². The molecule has 2 atom stereocenters. The van der Waals surface area contributed by atoms with Crippen LogP contribution in [0.4, 0.5) is 11.4 Å². The topological polar surface area (TPSA) is 181 Å². The number of hydrogen-bond acceptors (Lipinski definition) is 12. The van der Waals surface area contributed by atoms with E-state index in [1.165, 1.54) is 0 Å². The van der Waals surface area contributed by atoms with Crippen LogP contribution in [0.25, 0.3) is 50.0 Å². The van der Waals surface area contributed by atoms with Crippen molar-refractivity contribution in [2.45, 2.75) is 38.8 Å². The number of aromatic nitrogens is 8. The predicted octanol–water partition coefficient (Wildman–Crippen LogP) is 7.17. The van der Waals surface area contributed by atoms with Crippen LogP contribution in [0.1, 0.15) is 69.8 Å². The molecule has 16 heteroatoms. The number of nitrogens with zero attached hydrogens (tertiary/aromatic N) is 9. The molecule has 338 valence electrons. The van der Waals surface area contributed by atoms with E-state index in [1.807, 2.05) is 69.0 Å². The van der Waals surface area contributed by atoms with Crippen LogP contribution >= 0.6 is 0 Å². The van der Waals surface area contributed by atoms with Gasteiger partial charge in [0.1, 0.15) is 11.3 Å². The SMILES string of the molecule is Cc1cccc([C@H](C)NC(=O)c2ncc(-c3cn(-c4cccc(C(NC(=O)c5ncc(-c6c[nH]c7ncc(N8CCOCC8)cc67)cn5)C5CC5)c4)c4ncc(N5CCOCC5)cc34)cn2)c1. The van der Waals surface area contributed by atoms with Crippen LogP contribution in [0.15, 0.2) is 110 Å². The Labute approximate surface area is 386 Å². The zero-order valence-corrected chi connectivity index (χ0v) is 37.4. The van der Waals surface area contributed by atoms with E-state index in [9.17, 15) is 9.59 Å². The minimum Gasteiger partial charge on any atom is -0.378 e. The van der Waals surface area contributed by atoms with Gasteiger partial charge in [-0.3, -0.25) is 9.59 Å². The number of aryl methyl sites for hydroxylation is 1. The molecule has 2 aliphatic heterocycles. The molecule has 8 aromatic rings. The van der Waals surface area contributed by atoms with Crippen molar-refractivity contribution in [1.82, 2.24) is 50.1 Å². The van der Waals surface area contributed by atoms with Gasteiger partial charge < -0.3 is 39.5 Å². The fourth-order valence-electron chi connectivity index (χ4n) is 9.17. The van der Waals surface area contributed by atoms with E-state index in [1.54, 1.807) is 24.8 Å². The third kappa shape index (κ3) is 8.68.